The van der Waals surface area contributed by atoms with Crippen LogP contribution in [0.4, 0.5) is 0 Å². The molecule has 3 aromatic rings. The van der Waals surface area contributed by atoms with E-state index in [4.69, 9.17) is 23.4 Å². The first-order valence-electron chi connectivity index (χ1n) is 12.6. The van der Waals surface area contributed by atoms with Crippen LogP contribution in [0.2, 0.25) is 0 Å². The Hall–Kier alpha value is -3.71. The van der Waals surface area contributed by atoms with E-state index >= 15 is 0 Å². The summed E-state index contributed by atoms with van der Waals surface area (Å²) in [5, 5.41) is 112. The van der Waals surface area contributed by atoms with Crippen LogP contribution in [0.1, 0.15) is 0 Å². The molecular formula is C26H29O16+. The van der Waals surface area contributed by atoms with Crippen molar-refractivity contribution < 1.29 is 79.5 Å². The Balaban J connectivity index is 1.59. The van der Waals surface area contributed by atoms with Crippen molar-refractivity contribution >= 4 is 11.0 Å². The maximum absolute atomic E-state index is 10.9. The highest BCUT2D eigenvalue weighted by Crippen LogP contribution is 2.45. The fourth-order valence-corrected chi connectivity index (χ4v) is 4.68. The van der Waals surface area contributed by atoms with Gasteiger partial charge in [0.15, 0.2) is 29.6 Å². The first-order valence-corrected chi connectivity index (χ1v) is 12.6. The highest BCUT2D eigenvalue weighted by molar-refractivity contribution is 5.88. The molecule has 2 aromatic carbocycles. The Bertz CT molecular complexity index is 1420. The smallest absolute Gasteiger partial charge is 0.402 e. The van der Waals surface area contributed by atoms with Gasteiger partial charge in [-0.15, -0.1) is 0 Å². The van der Waals surface area contributed by atoms with E-state index < -0.39 is 91.5 Å². The van der Waals surface area contributed by atoms with E-state index in [1.807, 2.05) is 0 Å². The number of hydrogen-bond acceptors (Lipinski definition) is 15. The highest BCUT2D eigenvalue weighted by Gasteiger charge is 2.50. The van der Waals surface area contributed by atoms with Crippen LogP contribution in [0, 0.1) is 0 Å². The van der Waals surface area contributed by atoms with Crippen LogP contribution in [0.15, 0.2) is 34.7 Å². The lowest BCUT2D eigenvalue weighted by molar-refractivity contribution is -0.344. The summed E-state index contributed by atoms with van der Waals surface area (Å²) in [5.74, 6) is -3.71. The summed E-state index contributed by atoms with van der Waals surface area (Å²) >= 11 is 0. The maximum Gasteiger partial charge on any atom is 0.402 e. The molecule has 0 aliphatic carbocycles. The summed E-state index contributed by atoms with van der Waals surface area (Å²) in [5.41, 5.74) is -0.174. The van der Waals surface area contributed by atoms with E-state index in [0.29, 0.717) is 0 Å². The second-order valence-electron chi connectivity index (χ2n) is 9.86. The summed E-state index contributed by atoms with van der Waals surface area (Å²) < 4.78 is 28.3. The average Bonchev–Trinajstić information content (AvgIpc) is 2.95. The molecule has 0 saturated carbocycles. The number of aliphatic hydroxyl groups is 6. The topological polar surface area (TPSA) is 271 Å². The van der Waals surface area contributed by atoms with Gasteiger partial charge in [-0.2, -0.15) is 0 Å². The Labute approximate surface area is 235 Å². The van der Waals surface area contributed by atoms with Crippen molar-refractivity contribution in [3.8, 4) is 45.8 Å². The van der Waals surface area contributed by atoms with Crippen molar-refractivity contribution in [2.45, 2.75) is 55.3 Å². The fraction of sp³-hybridized carbons (Fsp3) is 0.423. The first kappa shape index (κ1) is 29.8. The molecule has 0 radical (unpaired) electrons. The minimum atomic E-state index is -1.84. The van der Waals surface area contributed by atoms with Crippen molar-refractivity contribution in [3.05, 3.63) is 30.3 Å². The highest BCUT2D eigenvalue weighted by atomic mass is 16.8. The molecule has 9 unspecified atom stereocenters. The molecule has 16 nitrogen and oxygen atoms in total. The largest absolute Gasteiger partial charge is 0.507 e. The monoisotopic (exact) mass is 597 g/mol. The Morgan fingerprint density at radius 3 is 2.14 bits per heavy atom. The summed E-state index contributed by atoms with van der Waals surface area (Å²) in [6, 6.07) is 5.36. The molecule has 2 aliphatic rings. The van der Waals surface area contributed by atoms with Gasteiger partial charge in [0, 0.05) is 24.3 Å². The van der Waals surface area contributed by atoms with E-state index in [9.17, 15) is 56.2 Å². The number of ether oxygens (including phenoxy) is 4. The van der Waals surface area contributed by atoms with Crippen LogP contribution < -0.4 is 4.74 Å². The van der Waals surface area contributed by atoms with E-state index in [1.54, 1.807) is 0 Å². The van der Waals surface area contributed by atoms with Gasteiger partial charge in [-0.25, -0.2) is 4.42 Å². The standard InChI is InChI=1S/C26H28O16/c27-6-17-20(35)21(36)24(42-25-22(37)19(34)14(32)7-38-25)26(41-17)40-16-5-10-11(29)3-9(28)4-15(10)39-23(16)8-1-12(30)18(33)13(31)2-8/h1-5,14,17,19-22,24-27,32,34-37H,6-7H2,(H4-,28,29,30,31,33)/p+1. The van der Waals surface area contributed by atoms with Gasteiger partial charge in [-0.3, -0.25) is 0 Å². The van der Waals surface area contributed by atoms with Crippen LogP contribution in [0.5, 0.6) is 34.5 Å². The molecule has 5 rings (SSSR count). The lowest BCUT2D eigenvalue weighted by atomic mass is 9.98. The molecule has 0 amide bonds. The van der Waals surface area contributed by atoms with Gasteiger partial charge in [0.1, 0.15) is 53.5 Å². The fourth-order valence-electron chi connectivity index (χ4n) is 4.68. The first-order chi connectivity index (χ1) is 19.9. The molecule has 1 aromatic heterocycles. The molecule has 228 valence electrons. The van der Waals surface area contributed by atoms with E-state index in [1.165, 1.54) is 6.07 Å². The van der Waals surface area contributed by atoms with E-state index in [-0.39, 0.29) is 33.8 Å². The molecule has 2 aliphatic heterocycles. The summed E-state index contributed by atoms with van der Waals surface area (Å²) in [6.45, 7) is -1.24. The third kappa shape index (κ3) is 5.42. The van der Waals surface area contributed by atoms with E-state index in [0.717, 1.165) is 24.3 Å². The zero-order chi connectivity index (χ0) is 30.5. The second-order valence-corrected chi connectivity index (χ2v) is 9.86. The van der Waals surface area contributed by atoms with Crippen molar-refractivity contribution in [2.75, 3.05) is 13.2 Å². The number of rotatable bonds is 6. The van der Waals surface area contributed by atoms with Crippen molar-refractivity contribution in [2.24, 2.45) is 0 Å². The lowest BCUT2D eigenvalue weighted by Crippen LogP contribution is -2.63. The SMILES string of the molecule is OCC1OC(Oc2cc3c(O)cc(O)cc3[o+]c2-c2cc(O)c(O)c(O)c2)C(OC2OCC(O)C(O)C2O)C(O)C1O. The third-order valence-electron chi connectivity index (χ3n) is 6.96. The second kappa shape index (κ2) is 11.5. The van der Waals surface area contributed by atoms with Gasteiger partial charge < -0.3 is 75.1 Å². The van der Waals surface area contributed by atoms with Gasteiger partial charge >= 0.3 is 11.3 Å². The Morgan fingerprint density at radius 2 is 1.48 bits per heavy atom. The number of hydrogen-bond donors (Lipinski definition) is 11. The van der Waals surface area contributed by atoms with Crippen molar-refractivity contribution in [1.82, 2.24) is 0 Å². The van der Waals surface area contributed by atoms with Crippen LogP contribution in [0.25, 0.3) is 22.3 Å². The Morgan fingerprint density at radius 1 is 0.786 bits per heavy atom. The molecule has 0 spiro atoms. The van der Waals surface area contributed by atoms with Gasteiger partial charge in [0.25, 0.3) is 0 Å². The molecule has 3 heterocycles. The predicted octanol–water partition coefficient (Wildman–Crippen LogP) is -1.45. The van der Waals surface area contributed by atoms with Crippen LogP contribution >= 0.6 is 0 Å². The van der Waals surface area contributed by atoms with E-state index in [2.05, 4.69) is 0 Å². The van der Waals surface area contributed by atoms with Gasteiger partial charge in [-0.05, 0) is 0 Å². The average molecular weight is 598 g/mol. The van der Waals surface area contributed by atoms with Crippen LogP contribution in [-0.2, 0) is 14.2 Å². The lowest BCUT2D eigenvalue weighted by Gasteiger charge is -2.44. The molecular weight excluding hydrogens is 568 g/mol. The minimum Gasteiger partial charge on any atom is -0.507 e. The van der Waals surface area contributed by atoms with Crippen LogP contribution in [0.3, 0.4) is 0 Å². The molecule has 0 bridgehead atoms. The zero-order valence-electron chi connectivity index (χ0n) is 21.5. The Kier molecular flexibility index (Phi) is 8.17. The normalized spacial score (nSPS) is 31.7. The molecule has 2 fully saturated rings. The number of phenols is 5. The summed E-state index contributed by atoms with van der Waals surface area (Å²) in [6.07, 6.45) is -15.0. The molecule has 9 atom stereocenters. The predicted molar refractivity (Wildman–Crippen MR) is 135 cm³/mol. The number of benzene rings is 2. The quantitative estimate of drug-likeness (QED) is 0.115. The van der Waals surface area contributed by atoms with Crippen molar-refractivity contribution in [1.29, 1.82) is 0 Å². The van der Waals surface area contributed by atoms with Gasteiger partial charge in [0.2, 0.25) is 12.0 Å². The number of aliphatic hydroxyl groups excluding tert-OH is 6. The molecule has 2 saturated heterocycles. The number of fused-ring (bicyclic) bond motifs is 1. The zero-order valence-corrected chi connectivity index (χ0v) is 21.5. The van der Waals surface area contributed by atoms with Crippen molar-refractivity contribution in [3.63, 3.8) is 0 Å². The third-order valence-corrected chi connectivity index (χ3v) is 6.96. The van der Waals surface area contributed by atoms with Gasteiger partial charge in [0.05, 0.1) is 24.8 Å². The molecule has 16 heteroatoms. The summed E-state index contributed by atoms with van der Waals surface area (Å²) in [7, 11) is 0. The summed E-state index contributed by atoms with van der Waals surface area (Å²) in [4.78, 5) is 0. The minimum absolute atomic E-state index is 0.00510. The van der Waals surface area contributed by atoms with Gasteiger partial charge in [-0.1, -0.05) is 0 Å². The maximum atomic E-state index is 10.9. The molecule has 11 N–H and O–H groups in total. The molecule has 42 heavy (non-hydrogen) atoms. The number of phenolic OH excluding ortho intramolecular Hbond substituents is 5. The van der Waals surface area contributed by atoms with Crippen LogP contribution in [-0.4, -0.2) is 125 Å². The number of aromatic hydroxyl groups is 5.